The number of nitrogens with zero attached hydrogens (tertiary/aromatic N) is 5. The number of aromatic hydroxyl groups is 1. The lowest BCUT2D eigenvalue weighted by Crippen LogP contribution is -2.54. The van der Waals surface area contributed by atoms with E-state index in [2.05, 4.69) is 11.6 Å². The molecule has 0 aliphatic carbocycles. The Kier molecular flexibility index (Phi) is 7.33. The number of benzene rings is 2. The molecule has 40 heavy (non-hydrogen) atoms. The van der Waals surface area contributed by atoms with Crippen molar-refractivity contribution in [3.05, 3.63) is 88.1 Å². The summed E-state index contributed by atoms with van der Waals surface area (Å²) in [6, 6.07) is 12.6. The van der Waals surface area contributed by atoms with Gasteiger partial charge in [0, 0.05) is 37.3 Å². The number of phenolic OH excluding ortho intramolecular Hbond substituents is 1. The molecule has 1 N–H and O–H groups in total. The van der Waals surface area contributed by atoms with Crippen molar-refractivity contribution in [2.45, 2.75) is 32.7 Å². The zero-order valence-electron chi connectivity index (χ0n) is 22.4. The Bertz CT molecular complexity index is 1700. The fourth-order valence-corrected chi connectivity index (χ4v) is 5.47. The van der Waals surface area contributed by atoms with Crippen LogP contribution in [0.3, 0.4) is 0 Å². The van der Waals surface area contributed by atoms with E-state index < -0.39 is 11.5 Å². The van der Waals surface area contributed by atoms with Gasteiger partial charge in [0.25, 0.3) is 0 Å². The third kappa shape index (κ3) is 4.81. The van der Waals surface area contributed by atoms with Crippen LogP contribution in [-0.4, -0.2) is 56.1 Å². The third-order valence-corrected chi connectivity index (χ3v) is 7.49. The summed E-state index contributed by atoms with van der Waals surface area (Å²) in [4.78, 5) is 39.1. The molecule has 3 heterocycles. The van der Waals surface area contributed by atoms with E-state index in [1.807, 2.05) is 49.9 Å². The van der Waals surface area contributed by atoms with E-state index in [1.165, 1.54) is 22.8 Å². The molecule has 0 radical (unpaired) electrons. The lowest BCUT2D eigenvalue weighted by atomic mass is 10.0. The molecule has 5 rings (SSSR count). The van der Waals surface area contributed by atoms with Crippen molar-refractivity contribution in [2.75, 3.05) is 24.5 Å². The van der Waals surface area contributed by atoms with Gasteiger partial charge in [-0.05, 0) is 48.7 Å². The first-order valence-corrected chi connectivity index (χ1v) is 13.4. The highest BCUT2D eigenvalue weighted by molar-refractivity contribution is 6.34. The Labute approximate surface area is 236 Å². The number of carbonyl (C=O) groups is 1. The predicted molar refractivity (Wildman–Crippen MR) is 155 cm³/mol. The van der Waals surface area contributed by atoms with Crippen LogP contribution < -0.4 is 10.6 Å². The Morgan fingerprint density at radius 2 is 1.93 bits per heavy atom. The van der Waals surface area contributed by atoms with E-state index in [9.17, 15) is 19.1 Å². The molecule has 2 aromatic carbocycles. The molecule has 206 valence electrons. The number of hydrogen-bond donors (Lipinski definition) is 1. The molecule has 1 amide bonds. The molecule has 1 saturated heterocycles. The second kappa shape index (κ2) is 10.7. The van der Waals surface area contributed by atoms with Gasteiger partial charge in [-0.2, -0.15) is 4.98 Å². The molecule has 1 fully saturated rings. The van der Waals surface area contributed by atoms with E-state index in [0.29, 0.717) is 42.2 Å². The number of phenols is 1. The molecule has 0 unspecified atom stereocenters. The van der Waals surface area contributed by atoms with Crippen LogP contribution in [0.1, 0.15) is 32.3 Å². The molecular weight excluding hydrogens is 533 g/mol. The maximum absolute atomic E-state index is 13.8. The fraction of sp³-hybridized carbons (Fsp3) is 0.267. The number of halogens is 2. The minimum Gasteiger partial charge on any atom is -0.507 e. The Hall–Kier alpha value is -4.24. The first-order chi connectivity index (χ1) is 19.1. The van der Waals surface area contributed by atoms with Crippen LogP contribution in [0.2, 0.25) is 5.02 Å². The number of carbonyl (C=O) groups excluding carboxylic acids is 1. The summed E-state index contributed by atoms with van der Waals surface area (Å²) in [5.74, 6) is -0.577. The van der Waals surface area contributed by atoms with E-state index in [1.54, 1.807) is 11.0 Å². The van der Waals surface area contributed by atoms with Crippen LogP contribution in [0.4, 0.5) is 10.2 Å². The Balaban J connectivity index is 1.79. The normalized spacial score (nSPS) is 15.6. The quantitative estimate of drug-likeness (QED) is 0.333. The van der Waals surface area contributed by atoms with Gasteiger partial charge in [0.1, 0.15) is 17.4 Å². The highest BCUT2D eigenvalue weighted by atomic mass is 35.5. The molecular formula is C30H29ClFN5O3. The Morgan fingerprint density at radius 3 is 2.60 bits per heavy atom. The third-order valence-electron chi connectivity index (χ3n) is 7.20. The van der Waals surface area contributed by atoms with E-state index >= 15 is 0 Å². The van der Waals surface area contributed by atoms with Crippen molar-refractivity contribution in [2.24, 2.45) is 0 Å². The van der Waals surface area contributed by atoms with Crippen LogP contribution >= 0.6 is 11.6 Å². The van der Waals surface area contributed by atoms with Gasteiger partial charge in [-0.1, -0.05) is 50.2 Å². The van der Waals surface area contributed by atoms with Gasteiger partial charge in [-0.15, -0.1) is 0 Å². The molecule has 2 aromatic heterocycles. The van der Waals surface area contributed by atoms with Crippen molar-refractivity contribution in [3.8, 4) is 22.7 Å². The first kappa shape index (κ1) is 27.3. The van der Waals surface area contributed by atoms with Crippen LogP contribution in [-0.2, 0) is 4.79 Å². The SMILES string of the molecule is C=CC(=O)N1CCN(c2nc(=O)n(-c3ccccc3C(C)C)c3nc(-c4ccc(F)cc4O)c(Cl)cc23)[C@@H](C)C1. The smallest absolute Gasteiger partial charge is 0.355 e. The number of aromatic nitrogens is 3. The van der Waals surface area contributed by atoms with Crippen LogP contribution in [0, 0.1) is 5.82 Å². The van der Waals surface area contributed by atoms with E-state index in [-0.39, 0.29) is 39.9 Å². The molecule has 8 nitrogen and oxygen atoms in total. The van der Waals surface area contributed by atoms with Gasteiger partial charge in [0.15, 0.2) is 5.65 Å². The predicted octanol–water partition coefficient (Wildman–Crippen LogP) is 5.29. The number of fused-ring (bicyclic) bond motifs is 1. The van der Waals surface area contributed by atoms with Crippen molar-refractivity contribution in [3.63, 3.8) is 0 Å². The summed E-state index contributed by atoms with van der Waals surface area (Å²) in [7, 11) is 0. The van der Waals surface area contributed by atoms with Crippen molar-refractivity contribution >= 4 is 34.4 Å². The molecule has 1 atom stereocenters. The van der Waals surface area contributed by atoms with Gasteiger partial charge in [-0.3, -0.25) is 4.79 Å². The monoisotopic (exact) mass is 561 g/mol. The van der Waals surface area contributed by atoms with Crippen molar-refractivity contribution < 1.29 is 14.3 Å². The largest absolute Gasteiger partial charge is 0.507 e. The topological polar surface area (TPSA) is 91.6 Å². The molecule has 0 bridgehead atoms. The summed E-state index contributed by atoms with van der Waals surface area (Å²) in [6.07, 6.45) is 1.29. The molecule has 1 aliphatic heterocycles. The lowest BCUT2D eigenvalue weighted by molar-refractivity contribution is -0.126. The highest BCUT2D eigenvalue weighted by Gasteiger charge is 2.30. The van der Waals surface area contributed by atoms with Gasteiger partial charge in [0.2, 0.25) is 5.91 Å². The number of hydrogen-bond acceptors (Lipinski definition) is 6. The number of rotatable bonds is 5. The van der Waals surface area contributed by atoms with Crippen LogP contribution in [0.25, 0.3) is 28.0 Å². The fourth-order valence-electron chi connectivity index (χ4n) is 5.22. The molecule has 10 heteroatoms. The van der Waals surface area contributed by atoms with Gasteiger partial charge >= 0.3 is 5.69 Å². The zero-order valence-corrected chi connectivity index (χ0v) is 23.2. The second-order valence-corrected chi connectivity index (χ2v) is 10.6. The van der Waals surface area contributed by atoms with Crippen molar-refractivity contribution in [1.82, 2.24) is 19.4 Å². The average molecular weight is 562 g/mol. The molecule has 4 aromatic rings. The van der Waals surface area contributed by atoms with Crippen LogP contribution in [0.15, 0.2) is 66.0 Å². The van der Waals surface area contributed by atoms with Gasteiger partial charge < -0.3 is 14.9 Å². The van der Waals surface area contributed by atoms with E-state index in [0.717, 1.165) is 11.6 Å². The number of pyridine rings is 1. The summed E-state index contributed by atoms with van der Waals surface area (Å²) >= 11 is 6.74. The average Bonchev–Trinajstić information content (AvgIpc) is 2.92. The minimum atomic E-state index is -0.601. The summed E-state index contributed by atoms with van der Waals surface area (Å²) in [5.41, 5.74) is 1.75. The maximum atomic E-state index is 13.8. The molecule has 1 aliphatic rings. The van der Waals surface area contributed by atoms with Crippen LogP contribution in [0.5, 0.6) is 5.75 Å². The van der Waals surface area contributed by atoms with Gasteiger partial charge in [-0.25, -0.2) is 18.7 Å². The number of para-hydroxylation sites is 1. The molecule has 0 saturated carbocycles. The zero-order chi connectivity index (χ0) is 28.7. The number of anilines is 1. The lowest BCUT2D eigenvalue weighted by Gasteiger charge is -2.40. The highest BCUT2D eigenvalue weighted by Crippen LogP contribution is 2.38. The summed E-state index contributed by atoms with van der Waals surface area (Å²) in [6.45, 7) is 10.9. The molecule has 0 spiro atoms. The Morgan fingerprint density at radius 1 is 1.18 bits per heavy atom. The summed E-state index contributed by atoms with van der Waals surface area (Å²) < 4.78 is 15.2. The number of piperazine rings is 1. The van der Waals surface area contributed by atoms with E-state index in [4.69, 9.17) is 16.6 Å². The summed E-state index contributed by atoms with van der Waals surface area (Å²) in [5, 5.41) is 11.2. The standard InChI is InChI=1S/C30H29ClFN5O3/c1-5-26(39)35-12-13-36(18(4)16-35)28-22-15-23(31)27(21-11-10-19(32)14-25(21)38)33-29(22)37(30(40)34-28)24-9-7-6-8-20(24)17(2)3/h5-11,14-15,17-18,38H,1,12-13,16H2,2-4H3/t18-/m0/s1. The van der Waals surface area contributed by atoms with Crippen molar-refractivity contribution in [1.29, 1.82) is 0 Å². The first-order valence-electron chi connectivity index (χ1n) is 13.0. The minimum absolute atomic E-state index is 0.0984. The number of amides is 1. The van der Waals surface area contributed by atoms with Gasteiger partial charge in [0.05, 0.1) is 21.8 Å². The maximum Gasteiger partial charge on any atom is 0.355 e. The second-order valence-electron chi connectivity index (χ2n) is 10.1.